The molecule has 0 fully saturated rings. The first-order chi connectivity index (χ1) is 11.5. The molecule has 3 aromatic rings. The van der Waals surface area contributed by atoms with Crippen LogP contribution in [0.2, 0.25) is 0 Å². The Morgan fingerprint density at radius 1 is 1.25 bits per heavy atom. The fourth-order valence-electron chi connectivity index (χ4n) is 2.20. The largest absolute Gasteiger partial charge is 0.462 e. The number of rotatable bonds is 6. The Bertz CT molecular complexity index is 857. The molecule has 0 aliphatic heterocycles. The van der Waals surface area contributed by atoms with Crippen molar-refractivity contribution in [3.8, 4) is 0 Å². The average molecular weight is 346 g/mol. The quantitative estimate of drug-likeness (QED) is 0.495. The Hall–Kier alpha value is -2.42. The van der Waals surface area contributed by atoms with E-state index in [1.165, 1.54) is 11.8 Å². The fourth-order valence-corrected chi connectivity index (χ4v) is 2.91. The van der Waals surface area contributed by atoms with E-state index in [0.717, 1.165) is 16.9 Å². The van der Waals surface area contributed by atoms with Gasteiger partial charge in [0, 0.05) is 7.05 Å². The van der Waals surface area contributed by atoms with Gasteiger partial charge >= 0.3 is 5.97 Å². The van der Waals surface area contributed by atoms with Crippen LogP contribution in [0.15, 0.2) is 29.4 Å². The molecule has 2 heterocycles. The first-order valence-corrected chi connectivity index (χ1v) is 8.52. The van der Waals surface area contributed by atoms with Crippen LogP contribution in [0.3, 0.4) is 0 Å². The number of ether oxygens (including phenoxy) is 1. The van der Waals surface area contributed by atoms with Crippen LogP contribution in [0.25, 0.3) is 11.0 Å². The second kappa shape index (κ2) is 7.00. The third-order valence-electron chi connectivity index (χ3n) is 3.32. The zero-order valence-corrected chi connectivity index (χ0v) is 14.5. The molecule has 0 saturated heterocycles. The molecule has 0 N–H and O–H groups in total. The first kappa shape index (κ1) is 16.4. The lowest BCUT2D eigenvalue weighted by Crippen LogP contribution is -2.13. The number of carbonyl (C=O) groups excluding carboxylic acids is 1. The maximum absolute atomic E-state index is 11.6. The average Bonchev–Trinajstić information content (AvgIpc) is 3.10. The summed E-state index contributed by atoms with van der Waals surface area (Å²) in [6, 6.07) is 7.75. The highest BCUT2D eigenvalue weighted by atomic mass is 32.2. The molecule has 0 radical (unpaired) electrons. The van der Waals surface area contributed by atoms with Crippen molar-refractivity contribution in [3.63, 3.8) is 0 Å². The van der Waals surface area contributed by atoms with Crippen molar-refractivity contribution in [2.45, 2.75) is 31.7 Å². The summed E-state index contributed by atoms with van der Waals surface area (Å²) in [5.41, 5.74) is 1.78. The fraction of sp³-hybridized carbons (Fsp3) is 0.400. The number of hydrogen-bond acceptors (Lipinski definition) is 7. The maximum Gasteiger partial charge on any atom is 0.316 e. The molecule has 2 aromatic heterocycles. The summed E-state index contributed by atoms with van der Waals surface area (Å²) in [6.45, 7) is 4.11. The molecule has 0 aliphatic rings. The topological polar surface area (TPSA) is 87.7 Å². The standard InChI is InChI=1S/C15H18N6O2S/c1-10(2)23-14(22)9-24-15-18-17-13(20(15)3)8-21-12-7-5-4-6-11(12)16-19-21/h4-7,10H,8-9H2,1-3H3. The Morgan fingerprint density at radius 2 is 2.04 bits per heavy atom. The number of hydrogen-bond donors (Lipinski definition) is 0. The summed E-state index contributed by atoms with van der Waals surface area (Å²) >= 11 is 1.30. The molecule has 0 spiro atoms. The van der Waals surface area contributed by atoms with E-state index in [0.29, 0.717) is 11.7 Å². The van der Waals surface area contributed by atoms with Crippen LogP contribution in [0.1, 0.15) is 19.7 Å². The molecule has 24 heavy (non-hydrogen) atoms. The van der Waals surface area contributed by atoms with Crippen LogP contribution in [-0.2, 0) is 23.1 Å². The van der Waals surface area contributed by atoms with Crippen LogP contribution < -0.4 is 0 Å². The van der Waals surface area contributed by atoms with Crippen molar-refractivity contribution in [2.75, 3.05) is 5.75 Å². The van der Waals surface area contributed by atoms with Crippen molar-refractivity contribution in [2.24, 2.45) is 7.05 Å². The zero-order chi connectivity index (χ0) is 17.1. The molecule has 9 heteroatoms. The zero-order valence-electron chi connectivity index (χ0n) is 13.7. The molecule has 0 saturated carbocycles. The van der Waals surface area contributed by atoms with Crippen molar-refractivity contribution < 1.29 is 9.53 Å². The van der Waals surface area contributed by atoms with E-state index in [1.54, 1.807) is 4.68 Å². The normalized spacial score (nSPS) is 11.3. The van der Waals surface area contributed by atoms with Crippen molar-refractivity contribution in [1.82, 2.24) is 29.8 Å². The monoisotopic (exact) mass is 346 g/mol. The predicted molar refractivity (Wildman–Crippen MR) is 89.6 cm³/mol. The van der Waals surface area contributed by atoms with E-state index in [9.17, 15) is 4.79 Å². The lowest BCUT2D eigenvalue weighted by atomic mass is 10.3. The third-order valence-corrected chi connectivity index (χ3v) is 4.32. The smallest absolute Gasteiger partial charge is 0.316 e. The number of para-hydroxylation sites is 1. The molecule has 0 bridgehead atoms. The van der Waals surface area contributed by atoms with E-state index in [1.807, 2.05) is 49.7 Å². The minimum absolute atomic E-state index is 0.117. The van der Waals surface area contributed by atoms with Gasteiger partial charge in [0.15, 0.2) is 11.0 Å². The van der Waals surface area contributed by atoms with Gasteiger partial charge in [0.05, 0.1) is 17.4 Å². The van der Waals surface area contributed by atoms with E-state index >= 15 is 0 Å². The number of benzene rings is 1. The van der Waals surface area contributed by atoms with E-state index in [2.05, 4.69) is 20.5 Å². The number of carbonyl (C=O) groups is 1. The Kier molecular flexibility index (Phi) is 4.79. The van der Waals surface area contributed by atoms with Gasteiger partial charge in [-0.2, -0.15) is 0 Å². The summed E-state index contributed by atoms with van der Waals surface area (Å²) in [7, 11) is 1.87. The van der Waals surface area contributed by atoms with Gasteiger partial charge in [0.25, 0.3) is 0 Å². The van der Waals surface area contributed by atoms with Gasteiger partial charge in [0.1, 0.15) is 12.1 Å². The van der Waals surface area contributed by atoms with Crippen LogP contribution >= 0.6 is 11.8 Å². The SMILES string of the molecule is CC(C)OC(=O)CSc1nnc(Cn2nnc3ccccc32)n1C. The molecule has 3 rings (SSSR count). The summed E-state index contributed by atoms with van der Waals surface area (Å²) in [4.78, 5) is 11.6. The Morgan fingerprint density at radius 3 is 2.83 bits per heavy atom. The third kappa shape index (κ3) is 3.56. The molecule has 1 aromatic carbocycles. The molecule has 0 unspecified atom stereocenters. The summed E-state index contributed by atoms with van der Waals surface area (Å²) in [5, 5.41) is 17.3. The number of esters is 1. The van der Waals surface area contributed by atoms with Crippen LogP contribution in [-0.4, -0.2) is 47.6 Å². The number of thioether (sulfide) groups is 1. The number of fused-ring (bicyclic) bond motifs is 1. The molecular formula is C15H18N6O2S. The van der Waals surface area contributed by atoms with Gasteiger partial charge in [-0.05, 0) is 26.0 Å². The number of nitrogens with zero attached hydrogens (tertiary/aromatic N) is 6. The van der Waals surface area contributed by atoms with Crippen molar-refractivity contribution >= 4 is 28.8 Å². The lowest BCUT2D eigenvalue weighted by molar-refractivity contribution is -0.144. The van der Waals surface area contributed by atoms with E-state index in [4.69, 9.17) is 4.74 Å². The number of aromatic nitrogens is 6. The highest BCUT2D eigenvalue weighted by Gasteiger charge is 2.14. The highest BCUT2D eigenvalue weighted by Crippen LogP contribution is 2.17. The van der Waals surface area contributed by atoms with E-state index < -0.39 is 0 Å². The van der Waals surface area contributed by atoms with E-state index in [-0.39, 0.29) is 17.8 Å². The van der Waals surface area contributed by atoms with Gasteiger partial charge in [-0.3, -0.25) is 4.79 Å². The summed E-state index contributed by atoms with van der Waals surface area (Å²) in [5.74, 6) is 0.684. The summed E-state index contributed by atoms with van der Waals surface area (Å²) < 4.78 is 8.74. The van der Waals surface area contributed by atoms with Crippen LogP contribution in [0.5, 0.6) is 0 Å². The Balaban J connectivity index is 1.70. The van der Waals surface area contributed by atoms with Crippen molar-refractivity contribution in [3.05, 3.63) is 30.1 Å². The molecule has 0 amide bonds. The van der Waals surface area contributed by atoms with Gasteiger partial charge in [-0.25, -0.2) is 4.68 Å². The molecule has 0 atom stereocenters. The highest BCUT2D eigenvalue weighted by molar-refractivity contribution is 7.99. The molecule has 126 valence electrons. The first-order valence-electron chi connectivity index (χ1n) is 7.53. The second-order valence-electron chi connectivity index (χ2n) is 5.52. The van der Waals surface area contributed by atoms with Crippen LogP contribution in [0.4, 0.5) is 0 Å². The van der Waals surface area contributed by atoms with Gasteiger partial charge in [-0.15, -0.1) is 15.3 Å². The van der Waals surface area contributed by atoms with Crippen LogP contribution in [0, 0.1) is 0 Å². The Labute approximate surface area is 143 Å². The maximum atomic E-state index is 11.6. The van der Waals surface area contributed by atoms with Crippen molar-refractivity contribution in [1.29, 1.82) is 0 Å². The molecular weight excluding hydrogens is 328 g/mol. The predicted octanol–water partition coefficient (Wildman–Crippen LogP) is 1.65. The lowest BCUT2D eigenvalue weighted by Gasteiger charge is -2.07. The van der Waals surface area contributed by atoms with Gasteiger partial charge in [0.2, 0.25) is 0 Å². The van der Waals surface area contributed by atoms with Gasteiger partial charge in [-0.1, -0.05) is 29.1 Å². The minimum atomic E-state index is -0.262. The molecule has 8 nitrogen and oxygen atoms in total. The second-order valence-corrected chi connectivity index (χ2v) is 6.46. The minimum Gasteiger partial charge on any atom is -0.462 e. The summed E-state index contributed by atoms with van der Waals surface area (Å²) in [6.07, 6.45) is -0.117. The van der Waals surface area contributed by atoms with Gasteiger partial charge < -0.3 is 9.30 Å². The molecule has 0 aliphatic carbocycles.